The minimum atomic E-state index is -3.58. The van der Waals surface area contributed by atoms with Gasteiger partial charge in [-0.2, -0.15) is 9.29 Å². The van der Waals surface area contributed by atoms with Gasteiger partial charge in [0.05, 0.1) is 10.5 Å². The molecule has 0 aliphatic carbocycles. The van der Waals surface area contributed by atoms with Crippen LogP contribution in [0.1, 0.15) is 30.1 Å². The number of rotatable bonds is 8. The summed E-state index contributed by atoms with van der Waals surface area (Å²) in [4.78, 5) is 20.5. The molecular formula is C19H20N4O5S. The lowest BCUT2D eigenvalue weighted by Gasteiger charge is -2.18. The van der Waals surface area contributed by atoms with Crippen LogP contribution in [-0.4, -0.2) is 46.9 Å². The summed E-state index contributed by atoms with van der Waals surface area (Å²) >= 11 is 0. The maximum absolute atomic E-state index is 12.5. The van der Waals surface area contributed by atoms with Crippen molar-refractivity contribution >= 4 is 16.0 Å². The van der Waals surface area contributed by atoms with Crippen LogP contribution >= 0.6 is 0 Å². The summed E-state index contributed by atoms with van der Waals surface area (Å²) in [6.07, 6.45) is 3.22. The number of pyridine rings is 1. The number of hydrogen-bond acceptors (Lipinski definition) is 8. The number of carbonyl (C=O) groups excluding carboxylic acids is 1. The van der Waals surface area contributed by atoms with Gasteiger partial charge >= 0.3 is 5.97 Å². The standard InChI is InChI=1S/C19H20N4O5S/c1-3-23(4-2)29(25,26)16-9-7-14(8-10-16)19(24)27-13-17-21-18(22-28-17)15-6-5-11-20-12-15/h5-12H,3-4,13H2,1-2H3. The Balaban J connectivity index is 1.64. The van der Waals surface area contributed by atoms with Gasteiger partial charge in [0.15, 0.2) is 6.61 Å². The van der Waals surface area contributed by atoms with E-state index in [0.717, 1.165) is 0 Å². The third-order valence-electron chi connectivity index (χ3n) is 4.15. The summed E-state index contributed by atoms with van der Waals surface area (Å²) in [7, 11) is -3.58. The lowest BCUT2D eigenvalue weighted by Crippen LogP contribution is -2.30. The van der Waals surface area contributed by atoms with Gasteiger partial charge in [-0.05, 0) is 36.4 Å². The molecule has 0 fully saturated rings. The van der Waals surface area contributed by atoms with Crippen LogP contribution in [0.15, 0.2) is 58.2 Å². The number of sulfonamides is 1. The Bertz CT molecular complexity index is 1060. The first kappa shape index (κ1) is 20.6. The van der Waals surface area contributed by atoms with E-state index in [4.69, 9.17) is 9.26 Å². The quantitative estimate of drug-likeness (QED) is 0.515. The Morgan fingerprint density at radius 2 is 1.86 bits per heavy atom. The van der Waals surface area contributed by atoms with Gasteiger partial charge in [-0.25, -0.2) is 13.2 Å². The molecule has 1 aromatic carbocycles. The summed E-state index contributed by atoms with van der Waals surface area (Å²) in [5.74, 6) is -0.147. The summed E-state index contributed by atoms with van der Waals surface area (Å²) in [5, 5.41) is 3.82. The van der Waals surface area contributed by atoms with Crippen molar-refractivity contribution < 1.29 is 22.5 Å². The zero-order valence-corrected chi connectivity index (χ0v) is 16.8. The van der Waals surface area contributed by atoms with Crippen LogP contribution in [0.3, 0.4) is 0 Å². The van der Waals surface area contributed by atoms with E-state index in [1.807, 2.05) is 0 Å². The molecule has 3 rings (SSSR count). The normalized spacial score (nSPS) is 11.6. The third-order valence-corrected chi connectivity index (χ3v) is 6.21. The van der Waals surface area contributed by atoms with Crippen molar-refractivity contribution in [3.8, 4) is 11.4 Å². The molecule has 9 nitrogen and oxygen atoms in total. The van der Waals surface area contributed by atoms with Crippen molar-refractivity contribution in [1.82, 2.24) is 19.4 Å². The number of nitrogens with zero attached hydrogens (tertiary/aromatic N) is 4. The molecule has 152 valence electrons. The van der Waals surface area contributed by atoms with Crippen molar-refractivity contribution in [2.24, 2.45) is 0 Å². The van der Waals surface area contributed by atoms with E-state index in [0.29, 0.717) is 24.5 Å². The van der Waals surface area contributed by atoms with Crippen molar-refractivity contribution in [2.75, 3.05) is 13.1 Å². The van der Waals surface area contributed by atoms with Gasteiger partial charge in [-0.15, -0.1) is 0 Å². The fourth-order valence-corrected chi connectivity index (χ4v) is 4.07. The van der Waals surface area contributed by atoms with E-state index < -0.39 is 16.0 Å². The van der Waals surface area contributed by atoms with Gasteiger partial charge in [0, 0.05) is 31.0 Å². The zero-order valence-electron chi connectivity index (χ0n) is 16.0. The van der Waals surface area contributed by atoms with E-state index in [9.17, 15) is 13.2 Å². The fourth-order valence-electron chi connectivity index (χ4n) is 2.61. The molecule has 0 atom stereocenters. The number of ether oxygens (including phenoxy) is 1. The average molecular weight is 416 g/mol. The van der Waals surface area contributed by atoms with Gasteiger partial charge in [-0.1, -0.05) is 19.0 Å². The number of aromatic nitrogens is 3. The summed E-state index contributed by atoms with van der Waals surface area (Å²) in [6.45, 7) is 4.07. The molecule has 0 aliphatic heterocycles. The number of carbonyl (C=O) groups is 1. The Labute approximate surface area is 168 Å². The number of benzene rings is 1. The maximum atomic E-state index is 12.5. The Hall–Kier alpha value is -3.11. The SMILES string of the molecule is CCN(CC)S(=O)(=O)c1ccc(C(=O)OCc2nc(-c3cccnc3)no2)cc1. The number of esters is 1. The molecule has 0 amide bonds. The van der Waals surface area contributed by atoms with Crippen LogP contribution in [0.4, 0.5) is 0 Å². The Morgan fingerprint density at radius 1 is 1.14 bits per heavy atom. The largest absolute Gasteiger partial charge is 0.452 e. The summed E-state index contributed by atoms with van der Waals surface area (Å²) in [6, 6.07) is 9.12. The van der Waals surface area contributed by atoms with Crippen LogP contribution in [0.25, 0.3) is 11.4 Å². The first-order valence-electron chi connectivity index (χ1n) is 8.96. The molecule has 29 heavy (non-hydrogen) atoms. The lowest BCUT2D eigenvalue weighted by molar-refractivity contribution is 0.0429. The molecule has 0 unspecified atom stereocenters. The topological polar surface area (TPSA) is 115 Å². The molecule has 2 aromatic heterocycles. The van der Waals surface area contributed by atoms with Gasteiger partial charge < -0.3 is 9.26 Å². The predicted octanol–water partition coefficient (Wildman–Crippen LogP) is 2.52. The first-order chi connectivity index (χ1) is 14.0. The molecule has 0 bridgehead atoms. The molecule has 3 aromatic rings. The highest BCUT2D eigenvalue weighted by Crippen LogP contribution is 2.17. The smallest absolute Gasteiger partial charge is 0.338 e. The van der Waals surface area contributed by atoms with E-state index in [2.05, 4.69) is 15.1 Å². The van der Waals surface area contributed by atoms with Crippen molar-refractivity contribution in [3.05, 3.63) is 60.2 Å². The molecule has 0 radical (unpaired) electrons. The van der Waals surface area contributed by atoms with Crippen molar-refractivity contribution in [2.45, 2.75) is 25.3 Å². The Morgan fingerprint density at radius 3 is 2.48 bits per heavy atom. The minimum absolute atomic E-state index is 0.121. The average Bonchev–Trinajstić information content (AvgIpc) is 3.22. The van der Waals surface area contributed by atoms with Crippen LogP contribution in [0.2, 0.25) is 0 Å². The highest BCUT2D eigenvalue weighted by atomic mass is 32.2. The van der Waals surface area contributed by atoms with Gasteiger partial charge in [0.25, 0.3) is 5.89 Å². The molecular weight excluding hydrogens is 396 g/mol. The molecule has 0 aliphatic rings. The lowest BCUT2D eigenvalue weighted by atomic mass is 10.2. The van der Waals surface area contributed by atoms with Crippen LogP contribution in [-0.2, 0) is 21.4 Å². The summed E-state index contributed by atoms with van der Waals surface area (Å²) < 4.78 is 36.5. The second kappa shape index (κ2) is 8.93. The van der Waals surface area contributed by atoms with Crippen LogP contribution in [0, 0.1) is 0 Å². The monoisotopic (exact) mass is 416 g/mol. The molecule has 2 heterocycles. The van der Waals surface area contributed by atoms with E-state index >= 15 is 0 Å². The van der Waals surface area contributed by atoms with E-state index in [-0.39, 0.29) is 23.0 Å². The van der Waals surface area contributed by atoms with Crippen LogP contribution < -0.4 is 0 Å². The third kappa shape index (κ3) is 4.66. The Kier molecular flexibility index (Phi) is 6.35. The highest BCUT2D eigenvalue weighted by Gasteiger charge is 2.22. The maximum Gasteiger partial charge on any atom is 0.338 e. The summed E-state index contributed by atoms with van der Waals surface area (Å²) in [5.41, 5.74) is 0.898. The second-order valence-electron chi connectivity index (χ2n) is 5.94. The van der Waals surface area contributed by atoms with Crippen molar-refractivity contribution in [3.63, 3.8) is 0 Å². The first-order valence-corrected chi connectivity index (χ1v) is 10.4. The van der Waals surface area contributed by atoms with Gasteiger partial charge in [0.1, 0.15) is 0 Å². The highest BCUT2D eigenvalue weighted by molar-refractivity contribution is 7.89. The number of hydrogen-bond donors (Lipinski definition) is 0. The van der Waals surface area contributed by atoms with Crippen molar-refractivity contribution in [1.29, 1.82) is 0 Å². The fraction of sp³-hybridized carbons (Fsp3) is 0.263. The molecule has 0 saturated carbocycles. The van der Waals surface area contributed by atoms with Gasteiger partial charge in [-0.3, -0.25) is 4.98 Å². The molecule has 0 N–H and O–H groups in total. The molecule has 10 heteroatoms. The van der Waals surface area contributed by atoms with Gasteiger partial charge in [0.2, 0.25) is 15.8 Å². The molecule has 0 spiro atoms. The second-order valence-corrected chi connectivity index (χ2v) is 7.88. The predicted molar refractivity (Wildman–Crippen MR) is 103 cm³/mol. The van der Waals surface area contributed by atoms with E-state index in [1.54, 1.807) is 38.4 Å². The molecule has 0 saturated heterocycles. The van der Waals surface area contributed by atoms with Crippen LogP contribution in [0.5, 0.6) is 0 Å². The van der Waals surface area contributed by atoms with E-state index in [1.165, 1.54) is 28.6 Å². The minimum Gasteiger partial charge on any atom is -0.452 e. The zero-order chi connectivity index (χ0) is 20.9.